The highest BCUT2D eigenvalue weighted by molar-refractivity contribution is 7.92. The van der Waals surface area contributed by atoms with Crippen LogP contribution in [0.2, 0.25) is 0 Å². The molecule has 0 unspecified atom stereocenters. The van der Waals surface area contributed by atoms with E-state index in [0.717, 1.165) is 33.0 Å². The number of hydrogen-bond acceptors (Lipinski definition) is 4. The Balaban J connectivity index is 1.78. The van der Waals surface area contributed by atoms with Gasteiger partial charge in [0, 0.05) is 19.5 Å². The van der Waals surface area contributed by atoms with Crippen LogP contribution in [0.3, 0.4) is 0 Å². The lowest BCUT2D eigenvalue weighted by atomic mass is 10.0. The molecule has 4 rings (SSSR count). The summed E-state index contributed by atoms with van der Waals surface area (Å²) >= 11 is 0. The van der Waals surface area contributed by atoms with Crippen LogP contribution in [0.1, 0.15) is 36.1 Å². The molecule has 224 valence electrons. The summed E-state index contributed by atoms with van der Waals surface area (Å²) in [6, 6.07) is 31.7. The number of aryl methyl sites for hydroxylation is 2. The average molecular weight is 598 g/mol. The van der Waals surface area contributed by atoms with Gasteiger partial charge in [-0.1, -0.05) is 97.4 Å². The topological polar surface area (TPSA) is 86.8 Å². The first-order valence-electron chi connectivity index (χ1n) is 14.6. The van der Waals surface area contributed by atoms with E-state index in [2.05, 4.69) is 5.32 Å². The van der Waals surface area contributed by atoms with Gasteiger partial charge in [-0.3, -0.25) is 13.9 Å². The zero-order valence-electron chi connectivity index (χ0n) is 24.9. The number of rotatable bonds is 13. The Labute approximate surface area is 255 Å². The van der Waals surface area contributed by atoms with Crippen LogP contribution in [0.15, 0.2) is 114 Å². The highest BCUT2D eigenvalue weighted by atomic mass is 32.2. The van der Waals surface area contributed by atoms with Crippen LogP contribution >= 0.6 is 0 Å². The van der Waals surface area contributed by atoms with Crippen LogP contribution in [-0.2, 0) is 39.0 Å². The van der Waals surface area contributed by atoms with Crippen LogP contribution in [-0.4, -0.2) is 44.3 Å². The molecular formula is C35H39N3O4S. The van der Waals surface area contributed by atoms with Crippen molar-refractivity contribution in [1.82, 2.24) is 10.2 Å². The molecule has 0 saturated heterocycles. The Morgan fingerprint density at radius 2 is 1.33 bits per heavy atom. The van der Waals surface area contributed by atoms with Crippen molar-refractivity contribution in [3.8, 4) is 0 Å². The molecule has 43 heavy (non-hydrogen) atoms. The Kier molecular flexibility index (Phi) is 10.7. The standard InChI is InChI=1S/C35H39N3O4S/c1-4-28-20-22-31(23-21-28)38(43(41,42)32-14-10-7-11-15-32)26-34(39)37(25-30-18-16-27(3)17-19-30)33(35(40)36-5-2)24-29-12-8-6-9-13-29/h6-23,33H,4-5,24-26H2,1-3H3,(H,36,40)/t33-/m1/s1. The van der Waals surface area contributed by atoms with Crippen LogP contribution < -0.4 is 9.62 Å². The highest BCUT2D eigenvalue weighted by Crippen LogP contribution is 2.25. The average Bonchev–Trinajstić information content (AvgIpc) is 3.03. The number of amides is 2. The molecule has 2 amide bonds. The number of carbonyl (C=O) groups is 2. The summed E-state index contributed by atoms with van der Waals surface area (Å²) in [5.74, 6) is -0.775. The van der Waals surface area contributed by atoms with Crippen molar-refractivity contribution in [2.75, 3.05) is 17.4 Å². The molecule has 0 aliphatic heterocycles. The predicted molar refractivity (Wildman–Crippen MR) is 171 cm³/mol. The van der Waals surface area contributed by atoms with E-state index in [1.54, 1.807) is 30.3 Å². The first kappa shape index (κ1) is 31.5. The minimum atomic E-state index is -4.11. The molecule has 4 aromatic rings. The maximum absolute atomic E-state index is 14.4. The van der Waals surface area contributed by atoms with Gasteiger partial charge in [0.05, 0.1) is 10.6 Å². The van der Waals surface area contributed by atoms with Gasteiger partial charge in [-0.05, 0) is 61.2 Å². The van der Waals surface area contributed by atoms with Crippen molar-refractivity contribution in [3.05, 3.63) is 131 Å². The molecule has 0 radical (unpaired) electrons. The Morgan fingerprint density at radius 1 is 0.744 bits per heavy atom. The molecule has 0 bridgehead atoms. The van der Waals surface area contributed by atoms with Crippen LogP contribution in [0.25, 0.3) is 0 Å². The molecule has 0 fully saturated rings. The smallest absolute Gasteiger partial charge is 0.264 e. The molecule has 4 aromatic carbocycles. The van der Waals surface area contributed by atoms with E-state index >= 15 is 0 Å². The maximum atomic E-state index is 14.4. The summed E-state index contributed by atoms with van der Waals surface area (Å²) in [7, 11) is -4.11. The summed E-state index contributed by atoms with van der Waals surface area (Å²) in [4.78, 5) is 29.5. The van der Waals surface area contributed by atoms with Gasteiger partial charge in [0.15, 0.2) is 0 Å². The SMILES string of the molecule is CCNC(=O)[C@@H](Cc1ccccc1)N(Cc1ccc(C)cc1)C(=O)CN(c1ccc(CC)cc1)S(=O)(=O)c1ccccc1. The van der Waals surface area contributed by atoms with Gasteiger partial charge in [-0.15, -0.1) is 0 Å². The number of sulfonamides is 1. The van der Waals surface area contributed by atoms with Crippen molar-refractivity contribution >= 4 is 27.5 Å². The van der Waals surface area contributed by atoms with Crippen molar-refractivity contribution in [3.63, 3.8) is 0 Å². The van der Waals surface area contributed by atoms with E-state index in [1.165, 1.54) is 17.0 Å². The third-order valence-corrected chi connectivity index (χ3v) is 9.13. The lowest BCUT2D eigenvalue weighted by Gasteiger charge is -2.34. The van der Waals surface area contributed by atoms with Gasteiger partial charge in [0.2, 0.25) is 11.8 Å². The summed E-state index contributed by atoms with van der Waals surface area (Å²) in [6.45, 7) is 5.90. The second-order valence-electron chi connectivity index (χ2n) is 10.5. The molecule has 7 nitrogen and oxygen atoms in total. The van der Waals surface area contributed by atoms with E-state index < -0.39 is 28.5 Å². The van der Waals surface area contributed by atoms with Gasteiger partial charge >= 0.3 is 0 Å². The molecule has 1 N–H and O–H groups in total. The largest absolute Gasteiger partial charge is 0.355 e. The van der Waals surface area contributed by atoms with Gasteiger partial charge in [-0.25, -0.2) is 8.42 Å². The molecule has 0 saturated carbocycles. The van der Waals surface area contributed by atoms with Crippen LogP contribution in [0.4, 0.5) is 5.69 Å². The van der Waals surface area contributed by atoms with Crippen LogP contribution in [0.5, 0.6) is 0 Å². The van der Waals surface area contributed by atoms with Crippen molar-refractivity contribution in [2.24, 2.45) is 0 Å². The third-order valence-electron chi connectivity index (χ3n) is 7.34. The first-order valence-corrected chi connectivity index (χ1v) is 16.0. The Hall–Kier alpha value is -4.43. The molecular weight excluding hydrogens is 558 g/mol. The fourth-order valence-electron chi connectivity index (χ4n) is 4.88. The Morgan fingerprint density at radius 3 is 1.91 bits per heavy atom. The number of likely N-dealkylation sites (N-methyl/N-ethyl adjacent to an activating group) is 1. The number of anilines is 1. The number of nitrogens with zero attached hydrogens (tertiary/aromatic N) is 2. The molecule has 0 heterocycles. The molecule has 0 aromatic heterocycles. The van der Waals surface area contributed by atoms with Gasteiger partial charge in [-0.2, -0.15) is 0 Å². The fraction of sp³-hybridized carbons (Fsp3) is 0.257. The normalized spacial score (nSPS) is 11.9. The summed E-state index contributed by atoms with van der Waals surface area (Å²) in [6.07, 6.45) is 1.07. The lowest BCUT2D eigenvalue weighted by molar-refractivity contribution is -0.140. The minimum absolute atomic E-state index is 0.0806. The fourth-order valence-corrected chi connectivity index (χ4v) is 6.32. The quantitative estimate of drug-likeness (QED) is 0.220. The van der Waals surface area contributed by atoms with Gasteiger partial charge in [0.1, 0.15) is 12.6 Å². The zero-order valence-corrected chi connectivity index (χ0v) is 25.8. The molecule has 0 aliphatic carbocycles. The van der Waals surface area contributed by atoms with E-state index in [1.807, 2.05) is 87.5 Å². The van der Waals surface area contributed by atoms with Gasteiger partial charge < -0.3 is 10.2 Å². The number of benzene rings is 4. The van der Waals surface area contributed by atoms with E-state index in [9.17, 15) is 18.0 Å². The number of nitrogens with one attached hydrogen (secondary N) is 1. The Bertz CT molecular complexity index is 1590. The maximum Gasteiger partial charge on any atom is 0.264 e. The lowest BCUT2D eigenvalue weighted by Crippen LogP contribution is -2.53. The molecule has 0 aliphatic rings. The third kappa shape index (κ3) is 8.11. The number of hydrogen-bond donors (Lipinski definition) is 1. The minimum Gasteiger partial charge on any atom is -0.355 e. The van der Waals surface area contributed by atoms with Crippen molar-refractivity contribution in [2.45, 2.75) is 51.1 Å². The second-order valence-corrected chi connectivity index (χ2v) is 12.3. The molecule has 1 atom stereocenters. The van der Waals surface area contributed by atoms with Crippen LogP contribution in [0, 0.1) is 6.92 Å². The second kappa shape index (κ2) is 14.6. The monoisotopic (exact) mass is 597 g/mol. The molecule has 0 spiro atoms. The zero-order chi connectivity index (χ0) is 30.8. The van der Waals surface area contributed by atoms with Crippen molar-refractivity contribution in [1.29, 1.82) is 0 Å². The summed E-state index contributed by atoms with van der Waals surface area (Å²) < 4.78 is 29.2. The van der Waals surface area contributed by atoms with Crippen molar-refractivity contribution < 1.29 is 18.0 Å². The van der Waals surface area contributed by atoms with Gasteiger partial charge in [0.25, 0.3) is 10.0 Å². The molecule has 8 heteroatoms. The van der Waals surface area contributed by atoms with E-state index in [-0.39, 0.29) is 23.8 Å². The highest BCUT2D eigenvalue weighted by Gasteiger charge is 2.34. The summed E-state index contributed by atoms with van der Waals surface area (Å²) in [5, 5.41) is 2.89. The first-order chi connectivity index (χ1) is 20.7. The van der Waals surface area contributed by atoms with E-state index in [4.69, 9.17) is 0 Å². The van der Waals surface area contributed by atoms with E-state index in [0.29, 0.717) is 12.2 Å². The number of carbonyl (C=O) groups excluding carboxylic acids is 2. The summed E-state index contributed by atoms with van der Waals surface area (Å²) in [5.41, 5.74) is 4.23. The predicted octanol–water partition coefficient (Wildman–Crippen LogP) is 5.53.